The molecule has 0 unspecified atom stereocenters. The summed E-state index contributed by atoms with van der Waals surface area (Å²) in [5.41, 5.74) is 1.99. The van der Waals surface area contributed by atoms with Gasteiger partial charge in [0, 0.05) is 7.05 Å². The van der Waals surface area contributed by atoms with E-state index < -0.39 is 4.92 Å². The monoisotopic (exact) mass is 184 g/mol. The fourth-order valence-electron chi connectivity index (χ4n) is 0.763. The molecule has 0 radical (unpaired) electrons. The van der Waals surface area contributed by atoms with Crippen molar-refractivity contribution in [1.29, 1.82) is 0 Å². The SMILES string of the molecule is CNc1nc(NN)ncc1[N+](=O)[O-]. The van der Waals surface area contributed by atoms with E-state index in [0.29, 0.717) is 0 Å². The number of anilines is 2. The van der Waals surface area contributed by atoms with Crippen LogP contribution in [-0.4, -0.2) is 21.9 Å². The summed E-state index contributed by atoms with van der Waals surface area (Å²) in [6, 6.07) is 0. The van der Waals surface area contributed by atoms with Crippen LogP contribution in [-0.2, 0) is 0 Å². The van der Waals surface area contributed by atoms with Gasteiger partial charge in [0.25, 0.3) is 0 Å². The van der Waals surface area contributed by atoms with Gasteiger partial charge in [0.05, 0.1) is 4.92 Å². The summed E-state index contributed by atoms with van der Waals surface area (Å²) in [7, 11) is 1.52. The molecule has 1 heterocycles. The van der Waals surface area contributed by atoms with Gasteiger partial charge in [-0.1, -0.05) is 0 Å². The lowest BCUT2D eigenvalue weighted by Gasteiger charge is -2.02. The van der Waals surface area contributed by atoms with Crippen molar-refractivity contribution in [3.05, 3.63) is 16.3 Å². The van der Waals surface area contributed by atoms with Crippen LogP contribution in [0.5, 0.6) is 0 Å². The standard InChI is InChI=1S/C5H8N6O2/c1-7-4-3(11(12)13)2-8-5(9-4)10-6/h2H,6H2,1H3,(H2,7,8,9,10). The van der Waals surface area contributed by atoms with Crippen molar-refractivity contribution in [3.63, 3.8) is 0 Å². The normalized spacial score (nSPS) is 9.38. The molecular formula is C5H8N6O2. The number of rotatable bonds is 3. The van der Waals surface area contributed by atoms with Crippen LogP contribution in [0.25, 0.3) is 0 Å². The Bertz CT molecular complexity index is 327. The lowest BCUT2D eigenvalue weighted by molar-refractivity contribution is -0.384. The molecule has 8 heteroatoms. The minimum Gasteiger partial charge on any atom is -0.367 e. The molecule has 0 aromatic carbocycles. The van der Waals surface area contributed by atoms with Crippen LogP contribution in [0, 0.1) is 10.1 Å². The molecule has 0 atom stereocenters. The van der Waals surface area contributed by atoms with E-state index in [9.17, 15) is 10.1 Å². The summed E-state index contributed by atoms with van der Waals surface area (Å²) in [4.78, 5) is 17.2. The molecule has 13 heavy (non-hydrogen) atoms. The number of hydrogen-bond acceptors (Lipinski definition) is 7. The highest BCUT2D eigenvalue weighted by Crippen LogP contribution is 2.20. The van der Waals surface area contributed by atoms with E-state index in [4.69, 9.17) is 5.84 Å². The Kier molecular flexibility index (Phi) is 2.55. The van der Waals surface area contributed by atoms with Crippen molar-refractivity contribution in [2.75, 3.05) is 17.8 Å². The predicted octanol–water partition coefficient (Wildman–Crippen LogP) is -0.288. The van der Waals surface area contributed by atoms with Gasteiger partial charge in [0.2, 0.25) is 11.8 Å². The first-order chi connectivity index (χ1) is 6.19. The highest BCUT2D eigenvalue weighted by Gasteiger charge is 2.15. The first-order valence-corrected chi connectivity index (χ1v) is 3.35. The van der Waals surface area contributed by atoms with Crippen molar-refractivity contribution >= 4 is 17.5 Å². The maximum absolute atomic E-state index is 10.4. The van der Waals surface area contributed by atoms with E-state index in [1.807, 2.05) is 0 Å². The Hall–Kier alpha value is -1.96. The van der Waals surface area contributed by atoms with Gasteiger partial charge in [-0.3, -0.25) is 15.5 Å². The first-order valence-electron chi connectivity index (χ1n) is 3.35. The largest absolute Gasteiger partial charge is 0.367 e. The molecule has 1 rings (SSSR count). The fourth-order valence-corrected chi connectivity index (χ4v) is 0.763. The van der Waals surface area contributed by atoms with E-state index in [2.05, 4.69) is 20.7 Å². The van der Waals surface area contributed by atoms with Gasteiger partial charge in [0.1, 0.15) is 6.20 Å². The topological polar surface area (TPSA) is 119 Å². The van der Waals surface area contributed by atoms with E-state index in [1.165, 1.54) is 7.05 Å². The lowest BCUT2D eigenvalue weighted by Crippen LogP contribution is -2.12. The van der Waals surface area contributed by atoms with Crippen LogP contribution < -0.4 is 16.6 Å². The summed E-state index contributed by atoms with van der Waals surface area (Å²) in [6.07, 6.45) is 1.08. The molecule has 0 fully saturated rings. The summed E-state index contributed by atoms with van der Waals surface area (Å²) in [6.45, 7) is 0. The number of hydrazine groups is 1. The number of nitrogens with zero attached hydrogens (tertiary/aromatic N) is 3. The van der Waals surface area contributed by atoms with Crippen molar-refractivity contribution in [2.24, 2.45) is 5.84 Å². The van der Waals surface area contributed by atoms with Crippen molar-refractivity contribution in [1.82, 2.24) is 9.97 Å². The lowest BCUT2D eigenvalue weighted by atomic mass is 10.5. The third-order valence-corrected chi connectivity index (χ3v) is 1.33. The van der Waals surface area contributed by atoms with E-state index in [0.717, 1.165) is 6.20 Å². The molecule has 8 nitrogen and oxygen atoms in total. The molecule has 1 aromatic rings. The van der Waals surface area contributed by atoms with E-state index in [-0.39, 0.29) is 17.5 Å². The number of nitrogens with one attached hydrogen (secondary N) is 2. The maximum atomic E-state index is 10.4. The van der Waals surface area contributed by atoms with Crippen LogP contribution in [0.1, 0.15) is 0 Å². The molecule has 1 aromatic heterocycles. The van der Waals surface area contributed by atoms with Crippen molar-refractivity contribution in [3.8, 4) is 0 Å². The Morgan fingerprint density at radius 2 is 2.38 bits per heavy atom. The molecular weight excluding hydrogens is 176 g/mol. The van der Waals surface area contributed by atoms with Crippen molar-refractivity contribution < 1.29 is 4.92 Å². The molecule has 0 aliphatic heterocycles. The zero-order valence-corrected chi connectivity index (χ0v) is 6.81. The Morgan fingerprint density at radius 3 is 2.85 bits per heavy atom. The average molecular weight is 184 g/mol. The zero-order chi connectivity index (χ0) is 9.84. The Labute approximate surface area is 73.3 Å². The second-order valence-corrected chi connectivity index (χ2v) is 2.08. The van der Waals surface area contributed by atoms with Gasteiger partial charge in [-0.15, -0.1) is 0 Å². The van der Waals surface area contributed by atoms with Gasteiger partial charge >= 0.3 is 5.69 Å². The predicted molar refractivity (Wildman–Crippen MR) is 46.0 cm³/mol. The summed E-state index contributed by atoms with van der Waals surface area (Å²) in [5.74, 6) is 5.27. The molecule has 0 saturated carbocycles. The number of hydrogen-bond donors (Lipinski definition) is 3. The summed E-state index contributed by atoms with van der Waals surface area (Å²) >= 11 is 0. The third-order valence-electron chi connectivity index (χ3n) is 1.33. The number of nitro groups is 1. The van der Waals surface area contributed by atoms with Crippen LogP contribution in [0.2, 0.25) is 0 Å². The molecule has 4 N–H and O–H groups in total. The van der Waals surface area contributed by atoms with Crippen LogP contribution in [0.3, 0.4) is 0 Å². The summed E-state index contributed by atoms with van der Waals surface area (Å²) in [5, 5.41) is 13.0. The van der Waals surface area contributed by atoms with Crippen LogP contribution >= 0.6 is 0 Å². The molecule has 70 valence electrons. The third kappa shape index (κ3) is 1.79. The number of nitrogens with two attached hydrogens (primary N) is 1. The van der Waals surface area contributed by atoms with Crippen LogP contribution in [0.15, 0.2) is 6.20 Å². The van der Waals surface area contributed by atoms with Gasteiger partial charge in [-0.25, -0.2) is 10.8 Å². The molecule has 0 amide bonds. The molecule has 0 spiro atoms. The Morgan fingerprint density at radius 1 is 1.69 bits per heavy atom. The van der Waals surface area contributed by atoms with Gasteiger partial charge < -0.3 is 5.32 Å². The Balaban J connectivity index is 3.15. The molecule has 0 saturated heterocycles. The first kappa shape index (κ1) is 9.13. The van der Waals surface area contributed by atoms with E-state index in [1.54, 1.807) is 0 Å². The minimum atomic E-state index is -0.577. The quantitative estimate of drug-likeness (QED) is 0.335. The van der Waals surface area contributed by atoms with Crippen LogP contribution in [0.4, 0.5) is 17.5 Å². The zero-order valence-electron chi connectivity index (χ0n) is 6.81. The second-order valence-electron chi connectivity index (χ2n) is 2.08. The van der Waals surface area contributed by atoms with E-state index >= 15 is 0 Å². The molecule has 0 aliphatic rings. The average Bonchev–Trinajstić information content (AvgIpc) is 2.16. The summed E-state index contributed by atoms with van der Waals surface area (Å²) < 4.78 is 0. The number of aromatic nitrogens is 2. The second kappa shape index (κ2) is 3.63. The number of nitrogen functional groups attached to an aromatic ring is 1. The molecule has 0 bridgehead atoms. The van der Waals surface area contributed by atoms with Crippen molar-refractivity contribution in [2.45, 2.75) is 0 Å². The highest BCUT2D eigenvalue weighted by atomic mass is 16.6. The molecule has 0 aliphatic carbocycles. The fraction of sp³-hybridized carbons (Fsp3) is 0.200. The van der Waals surface area contributed by atoms with Gasteiger partial charge in [-0.2, -0.15) is 4.98 Å². The maximum Gasteiger partial charge on any atom is 0.329 e. The van der Waals surface area contributed by atoms with Gasteiger partial charge in [-0.05, 0) is 0 Å². The smallest absolute Gasteiger partial charge is 0.329 e. The minimum absolute atomic E-state index is 0.118. The van der Waals surface area contributed by atoms with Gasteiger partial charge in [0.15, 0.2) is 0 Å². The highest BCUT2D eigenvalue weighted by molar-refractivity contribution is 5.56.